The Bertz CT molecular complexity index is 2550. The summed E-state index contributed by atoms with van der Waals surface area (Å²) in [5.74, 6) is 0.181. The van der Waals surface area contributed by atoms with Gasteiger partial charge in [0.05, 0.1) is 28.5 Å². The van der Waals surface area contributed by atoms with Crippen LogP contribution >= 0.6 is 22.7 Å². The summed E-state index contributed by atoms with van der Waals surface area (Å²) >= 11 is 3.06. The summed E-state index contributed by atoms with van der Waals surface area (Å²) in [5, 5.41) is 20.0. The van der Waals surface area contributed by atoms with Crippen LogP contribution in [0.2, 0.25) is 0 Å². The highest BCUT2D eigenvalue weighted by atomic mass is 32.1. The molecule has 0 unspecified atom stereocenters. The van der Waals surface area contributed by atoms with E-state index in [1.54, 1.807) is 11.0 Å². The summed E-state index contributed by atoms with van der Waals surface area (Å²) in [7, 11) is 0. The fourth-order valence-electron chi connectivity index (χ4n) is 7.56. The van der Waals surface area contributed by atoms with Crippen molar-refractivity contribution in [2.75, 3.05) is 21.3 Å². The van der Waals surface area contributed by atoms with Crippen LogP contribution in [0.1, 0.15) is 92.9 Å². The molecule has 2 aliphatic carbocycles. The highest BCUT2D eigenvalue weighted by Crippen LogP contribution is 2.29. The van der Waals surface area contributed by atoms with E-state index >= 15 is 0 Å². The number of ether oxygens (including phenoxy) is 1. The molecule has 2 fully saturated rings. The lowest BCUT2D eigenvalue weighted by molar-refractivity contribution is 0.0488. The Hall–Kier alpha value is -6.77. The van der Waals surface area contributed by atoms with Crippen molar-refractivity contribution < 1.29 is 19.1 Å². The maximum atomic E-state index is 12.4. The van der Waals surface area contributed by atoms with Crippen LogP contribution in [-0.4, -0.2) is 77.6 Å². The zero-order chi connectivity index (χ0) is 45.9. The number of anilines is 6. The summed E-state index contributed by atoms with van der Waals surface area (Å²) in [5.41, 5.74) is 25.9. The van der Waals surface area contributed by atoms with Gasteiger partial charge in [-0.25, -0.2) is 24.7 Å². The number of amides is 3. The molecule has 2 aliphatic rings. The van der Waals surface area contributed by atoms with Crippen molar-refractivity contribution in [1.29, 1.82) is 0 Å². The maximum absolute atomic E-state index is 12.4. The minimum Gasteiger partial charge on any atom is -0.444 e. The average molecular weight is 919 g/mol. The number of thiazole rings is 2. The van der Waals surface area contributed by atoms with Crippen molar-refractivity contribution in [2.45, 2.75) is 102 Å². The van der Waals surface area contributed by atoms with Gasteiger partial charge in [0.15, 0.2) is 0 Å². The molecule has 3 amide bonds. The SMILES string of the molecule is CC(C)(C)OC(=O)N[C@H]1CCCC[C@H]1Nc1ncc(C(N)=O)c(Nc2cccc(-c3cscn3)c2)n1.NC(=O)c1cnc(N[C@@H]2CCCC[C@@H]2N)nc1Nc1cccc(-c2cscn2)c1. The number of aromatic nitrogens is 6. The van der Waals surface area contributed by atoms with Gasteiger partial charge in [0.25, 0.3) is 11.8 Å². The molecule has 0 aliphatic heterocycles. The first-order valence-electron chi connectivity index (χ1n) is 21.4. The van der Waals surface area contributed by atoms with Gasteiger partial charge >= 0.3 is 6.09 Å². The Morgan fingerprint density at radius 3 is 1.60 bits per heavy atom. The lowest BCUT2D eigenvalue weighted by atomic mass is 9.90. The standard InChI is InChI=1S/C25H31N7O3S.C20H23N7OS/c1-25(2,3)35-24(34)31-19-10-5-4-9-18(19)30-23-27-12-17(21(26)33)22(32-23)29-16-8-6-7-15(11-16)20-13-36-14-28-20;21-15-6-1-2-7-16(15)26-20-23-9-14(18(22)28)19(27-20)25-13-5-3-4-12(8-13)17-10-29-11-24-17/h6-8,11-14,18-19H,4-5,9-10H2,1-3H3,(H2,26,33)(H,31,34)(H2,27,29,30,32);3-5,8-11,15-16H,1-2,6-7,21H2,(H2,22,28)(H2,23,25,26,27)/t18-,19+;15-,16+/m10/s1. The summed E-state index contributed by atoms with van der Waals surface area (Å²) < 4.78 is 5.43. The summed E-state index contributed by atoms with van der Waals surface area (Å²) in [6.07, 6.45) is 10.3. The summed E-state index contributed by atoms with van der Waals surface area (Å²) in [4.78, 5) is 62.6. The molecule has 18 nitrogen and oxygen atoms in total. The van der Waals surface area contributed by atoms with Crippen LogP contribution in [0.15, 0.2) is 82.7 Å². The zero-order valence-electron chi connectivity index (χ0n) is 36.4. The number of hydrogen-bond acceptors (Lipinski definition) is 17. The summed E-state index contributed by atoms with van der Waals surface area (Å²) in [6, 6.07) is 15.4. The number of nitrogens with one attached hydrogen (secondary N) is 5. The Kier molecular flexibility index (Phi) is 15.1. The van der Waals surface area contributed by atoms with Crippen LogP contribution in [0.5, 0.6) is 0 Å². The molecule has 0 bridgehead atoms. The molecular formula is C45H54N14O4S2. The Balaban J connectivity index is 0.000000198. The third-order valence-electron chi connectivity index (χ3n) is 10.7. The highest BCUT2D eigenvalue weighted by molar-refractivity contribution is 7.08. The maximum Gasteiger partial charge on any atom is 0.407 e. The highest BCUT2D eigenvalue weighted by Gasteiger charge is 2.30. The van der Waals surface area contributed by atoms with Crippen molar-refractivity contribution in [3.05, 3.63) is 93.8 Å². The van der Waals surface area contributed by atoms with E-state index in [4.69, 9.17) is 21.9 Å². The van der Waals surface area contributed by atoms with Gasteiger partial charge in [0, 0.05) is 63.8 Å². The van der Waals surface area contributed by atoms with E-state index in [1.807, 2.05) is 80.1 Å². The fraction of sp³-hybridized carbons (Fsp3) is 0.356. The Morgan fingerprint density at radius 2 is 1.14 bits per heavy atom. The second kappa shape index (κ2) is 21.3. The quantitative estimate of drug-likeness (QED) is 0.0548. The predicted octanol–water partition coefficient (Wildman–Crippen LogP) is 7.81. The number of hydrogen-bond donors (Lipinski definition) is 8. The second-order valence-electron chi connectivity index (χ2n) is 16.8. The van der Waals surface area contributed by atoms with Crippen LogP contribution in [0.25, 0.3) is 22.5 Å². The van der Waals surface area contributed by atoms with Crippen molar-refractivity contribution >= 4 is 75.5 Å². The van der Waals surface area contributed by atoms with Crippen LogP contribution in [0.3, 0.4) is 0 Å². The average Bonchev–Trinajstić information content (AvgIpc) is 4.02. The minimum absolute atomic E-state index is 0.0642. The number of carbonyl (C=O) groups excluding carboxylic acids is 3. The molecule has 2 aromatic carbocycles. The van der Waals surface area contributed by atoms with Gasteiger partial charge in [-0.1, -0.05) is 49.9 Å². The predicted molar refractivity (Wildman–Crippen MR) is 256 cm³/mol. The minimum atomic E-state index is -0.637. The van der Waals surface area contributed by atoms with E-state index in [2.05, 4.69) is 56.5 Å². The lowest BCUT2D eigenvalue weighted by Crippen LogP contribution is -2.50. The number of nitrogens with two attached hydrogens (primary N) is 3. The van der Waals surface area contributed by atoms with E-state index in [0.717, 1.165) is 85.3 Å². The van der Waals surface area contributed by atoms with Gasteiger partial charge in [-0.3, -0.25) is 9.59 Å². The van der Waals surface area contributed by atoms with Crippen LogP contribution in [0.4, 0.5) is 39.7 Å². The molecule has 65 heavy (non-hydrogen) atoms. The fourth-order valence-corrected chi connectivity index (χ4v) is 8.68. The Morgan fingerprint density at radius 1 is 0.662 bits per heavy atom. The molecule has 4 atom stereocenters. The van der Waals surface area contributed by atoms with Crippen LogP contribution in [0, 0.1) is 0 Å². The van der Waals surface area contributed by atoms with Crippen molar-refractivity contribution in [2.24, 2.45) is 17.2 Å². The number of carbonyl (C=O) groups is 3. The number of rotatable bonds is 13. The van der Waals surface area contributed by atoms with Crippen molar-refractivity contribution in [1.82, 2.24) is 35.2 Å². The van der Waals surface area contributed by atoms with Gasteiger partial charge in [0.2, 0.25) is 11.9 Å². The number of nitrogens with zero attached hydrogens (tertiary/aromatic N) is 6. The van der Waals surface area contributed by atoms with Gasteiger partial charge < -0.3 is 48.5 Å². The Labute approximate surface area is 385 Å². The lowest BCUT2D eigenvalue weighted by Gasteiger charge is -2.33. The molecule has 0 radical (unpaired) electrons. The van der Waals surface area contributed by atoms with E-state index in [1.165, 1.54) is 35.1 Å². The molecule has 340 valence electrons. The third kappa shape index (κ3) is 12.9. The monoisotopic (exact) mass is 918 g/mol. The normalized spacial score (nSPS) is 18.3. The molecule has 6 aromatic rings. The van der Waals surface area contributed by atoms with Crippen molar-refractivity contribution in [3.8, 4) is 22.5 Å². The van der Waals surface area contributed by atoms with Crippen molar-refractivity contribution in [3.63, 3.8) is 0 Å². The second-order valence-corrected chi connectivity index (χ2v) is 18.2. The third-order valence-corrected chi connectivity index (χ3v) is 11.9. The zero-order valence-corrected chi connectivity index (χ0v) is 38.0. The van der Waals surface area contributed by atoms with Gasteiger partial charge in [-0.2, -0.15) is 9.97 Å². The number of primary amides is 2. The molecule has 4 aromatic heterocycles. The van der Waals surface area contributed by atoms with Crippen LogP contribution < -0.4 is 43.8 Å². The molecule has 2 saturated carbocycles. The topological polar surface area (TPSA) is 276 Å². The summed E-state index contributed by atoms with van der Waals surface area (Å²) in [6.45, 7) is 5.50. The molecule has 8 rings (SSSR count). The van der Waals surface area contributed by atoms with E-state index in [0.29, 0.717) is 23.5 Å². The smallest absolute Gasteiger partial charge is 0.407 e. The number of alkyl carbamates (subject to hydrolysis) is 1. The molecule has 20 heteroatoms. The molecule has 0 saturated heterocycles. The molecule has 0 spiro atoms. The molecule has 11 N–H and O–H groups in total. The van der Waals surface area contributed by atoms with Gasteiger partial charge in [-0.15, -0.1) is 22.7 Å². The van der Waals surface area contributed by atoms with E-state index in [-0.39, 0.29) is 35.3 Å². The van der Waals surface area contributed by atoms with Gasteiger partial charge in [-0.05, 0) is 70.7 Å². The first-order chi connectivity index (χ1) is 31.3. The number of benzene rings is 2. The van der Waals surface area contributed by atoms with E-state index < -0.39 is 23.5 Å². The first kappa shape index (κ1) is 46.2. The van der Waals surface area contributed by atoms with Gasteiger partial charge in [0.1, 0.15) is 28.4 Å². The van der Waals surface area contributed by atoms with Crippen LogP contribution in [-0.2, 0) is 4.74 Å². The van der Waals surface area contributed by atoms with E-state index in [9.17, 15) is 14.4 Å². The molecular weight excluding hydrogens is 865 g/mol. The first-order valence-corrected chi connectivity index (χ1v) is 23.3. The largest absolute Gasteiger partial charge is 0.444 e. The molecule has 4 heterocycles.